The Morgan fingerprint density at radius 2 is 1.90 bits per heavy atom. The van der Waals surface area contributed by atoms with Gasteiger partial charge in [-0.25, -0.2) is 0 Å². The van der Waals surface area contributed by atoms with Crippen molar-refractivity contribution in [3.8, 4) is 0 Å². The molecule has 0 saturated carbocycles. The second kappa shape index (κ2) is 6.60. The first-order valence-corrected chi connectivity index (χ1v) is 7.29. The molecule has 0 fully saturated rings. The van der Waals surface area contributed by atoms with Crippen molar-refractivity contribution >= 4 is 35.0 Å². The van der Waals surface area contributed by atoms with E-state index in [0.29, 0.717) is 15.7 Å². The number of carbonyl (C=O) groups excluding carboxylic acids is 1. The third kappa shape index (κ3) is 3.96. The molecule has 0 spiro atoms. The van der Waals surface area contributed by atoms with Crippen LogP contribution in [0.15, 0.2) is 47.4 Å². The Hall–Kier alpha value is -2.05. The predicted molar refractivity (Wildman–Crippen MR) is 82.6 cm³/mol. The van der Waals surface area contributed by atoms with E-state index < -0.39 is 10.8 Å². The van der Waals surface area contributed by atoms with Crippen molar-refractivity contribution < 1.29 is 9.72 Å². The summed E-state index contributed by atoms with van der Waals surface area (Å²) in [6.45, 7) is 0. The van der Waals surface area contributed by atoms with Crippen molar-refractivity contribution in [1.29, 1.82) is 0 Å². The Labute approximate surface area is 130 Å². The van der Waals surface area contributed by atoms with Crippen LogP contribution in [0.3, 0.4) is 0 Å². The van der Waals surface area contributed by atoms with Gasteiger partial charge >= 0.3 is 0 Å². The predicted octanol–water partition coefficient (Wildman–Crippen LogP) is 3.64. The number of amides is 1. The number of halogens is 1. The normalized spacial score (nSPS) is 10.3. The molecule has 7 heteroatoms. The zero-order chi connectivity index (χ0) is 15.4. The zero-order valence-corrected chi connectivity index (χ0v) is 12.4. The standard InChI is InChI=1S/C14H11ClN2O3S/c15-11-4-1-9(2-5-11)8-21-13-6-3-10(14(16)18)7-12(13)17(19)20/h1-7H,8H2,(H2,16,18). The molecule has 0 heterocycles. The highest BCUT2D eigenvalue weighted by Gasteiger charge is 2.16. The van der Waals surface area contributed by atoms with Gasteiger partial charge in [0.15, 0.2) is 0 Å². The number of nitrogens with zero attached hydrogens (tertiary/aromatic N) is 1. The Kier molecular flexibility index (Phi) is 4.82. The van der Waals surface area contributed by atoms with Gasteiger partial charge in [-0.3, -0.25) is 14.9 Å². The summed E-state index contributed by atoms with van der Waals surface area (Å²) in [7, 11) is 0. The minimum absolute atomic E-state index is 0.120. The number of benzene rings is 2. The Morgan fingerprint density at radius 3 is 2.48 bits per heavy atom. The van der Waals surface area contributed by atoms with Crippen LogP contribution >= 0.6 is 23.4 Å². The molecule has 108 valence electrons. The highest BCUT2D eigenvalue weighted by Crippen LogP contribution is 2.32. The molecule has 0 saturated heterocycles. The monoisotopic (exact) mass is 322 g/mol. The van der Waals surface area contributed by atoms with Gasteiger partial charge < -0.3 is 5.73 Å². The molecule has 2 rings (SSSR count). The number of rotatable bonds is 5. The van der Waals surface area contributed by atoms with Gasteiger partial charge in [0.2, 0.25) is 5.91 Å². The van der Waals surface area contributed by atoms with Gasteiger partial charge in [0.05, 0.1) is 9.82 Å². The van der Waals surface area contributed by atoms with Gasteiger partial charge in [-0.1, -0.05) is 23.7 Å². The number of hydrogen-bond acceptors (Lipinski definition) is 4. The number of primary amides is 1. The van der Waals surface area contributed by atoms with E-state index in [9.17, 15) is 14.9 Å². The SMILES string of the molecule is NC(=O)c1ccc(SCc2ccc(Cl)cc2)c([N+](=O)[O-])c1. The average molecular weight is 323 g/mol. The summed E-state index contributed by atoms with van der Waals surface area (Å²) in [5, 5.41) is 11.7. The quantitative estimate of drug-likeness (QED) is 0.517. The molecule has 0 bridgehead atoms. The molecule has 2 N–H and O–H groups in total. The number of thioether (sulfide) groups is 1. The third-order valence-electron chi connectivity index (χ3n) is 2.75. The van der Waals surface area contributed by atoms with E-state index in [0.717, 1.165) is 5.56 Å². The van der Waals surface area contributed by atoms with Crippen molar-refractivity contribution in [3.63, 3.8) is 0 Å². The van der Waals surface area contributed by atoms with Crippen LogP contribution in [0, 0.1) is 10.1 Å². The van der Waals surface area contributed by atoms with Gasteiger partial charge in [-0.15, -0.1) is 11.8 Å². The summed E-state index contributed by atoms with van der Waals surface area (Å²) >= 11 is 7.12. The molecule has 0 aliphatic carbocycles. The van der Waals surface area contributed by atoms with E-state index in [1.807, 2.05) is 12.1 Å². The van der Waals surface area contributed by atoms with Crippen molar-refractivity contribution in [2.24, 2.45) is 5.73 Å². The smallest absolute Gasteiger partial charge is 0.283 e. The first-order valence-electron chi connectivity index (χ1n) is 5.93. The van der Waals surface area contributed by atoms with Crippen molar-refractivity contribution in [2.75, 3.05) is 0 Å². The topological polar surface area (TPSA) is 86.2 Å². The highest BCUT2D eigenvalue weighted by atomic mass is 35.5. The van der Waals surface area contributed by atoms with Crippen LogP contribution in [0.5, 0.6) is 0 Å². The molecule has 1 amide bonds. The maximum absolute atomic E-state index is 11.1. The molecule has 0 unspecified atom stereocenters. The second-order valence-electron chi connectivity index (χ2n) is 4.22. The number of carbonyl (C=O) groups is 1. The molecule has 0 aromatic heterocycles. The van der Waals surface area contributed by atoms with Crippen LogP contribution in [0.4, 0.5) is 5.69 Å². The lowest BCUT2D eigenvalue weighted by Crippen LogP contribution is -2.11. The lowest BCUT2D eigenvalue weighted by atomic mass is 10.2. The van der Waals surface area contributed by atoms with Crippen LogP contribution in [-0.2, 0) is 5.75 Å². The van der Waals surface area contributed by atoms with Crippen molar-refractivity contribution in [2.45, 2.75) is 10.6 Å². The van der Waals surface area contributed by atoms with Crippen LogP contribution in [0.25, 0.3) is 0 Å². The van der Waals surface area contributed by atoms with Crippen molar-refractivity contribution in [3.05, 3.63) is 68.7 Å². The molecule has 0 atom stereocenters. The number of nitro benzene ring substituents is 1. The summed E-state index contributed by atoms with van der Waals surface area (Å²) in [6.07, 6.45) is 0. The second-order valence-corrected chi connectivity index (χ2v) is 5.67. The first-order chi connectivity index (χ1) is 9.97. The van der Waals surface area contributed by atoms with E-state index >= 15 is 0 Å². The fourth-order valence-electron chi connectivity index (χ4n) is 1.68. The Morgan fingerprint density at radius 1 is 1.24 bits per heavy atom. The minimum atomic E-state index is -0.688. The van der Waals surface area contributed by atoms with Gasteiger partial charge in [0.25, 0.3) is 5.69 Å². The number of nitrogens with two attached hydrogens (primary N) is 1. The van der Waals surface area contributed by atoms with Crippen molar-refractivity contribution in [1.82, 2.24) is 0 Å². The summed E-state index contributed by atoms with van der Waals surface area (Å²) < 4.78 is 0. The molecule has 5 nitrogen and oxygen atoms in total. The summed E-state index contributed by atoms with van der Waals surface area (Å²) in [4.78, 5) is 22.1. The Balaban J connectivity index is 2.21. The molecule has 2 aromatic carbocycles. The Bertz CT molecular complexity index is 689. The maximum Gasteiger partial charge on any atom is 0.283 e. The molecule has 0 aliphatic heterocycles. The van der Waals surface area contributed by atoms with Crippen LogP contribution < -0.4 is 5.73 Å². The first kappa shape index (κ1) is 15.3. The molecule has 0 radical (unpaired) electrons. The van der Waals surface area contributed by atoms with Gasteiger partial charge in [0, 0.05) is 22.4 Å². The van der Waals surface area contributed by atoms with Gasteiger partial charge in [0.1, 0.15) is 0 Å². The van der Waals surface area contributed by atoms with E-state index in [2.05, 4.69) is 0 Å². The molecule has 2 aromatic rings. The molecule has 21 heavy (non-hydrogen) atoms. The van der Waals surface area contributed by atoms with Gasteiger partial charge in [-0.2, -0.15) is 0 Å². The maximum atomic E-state index is 11.1. The molecular formula is C14H11ClN2O3S. The fourth-order valence-corrected chi connectivity index (χ4v) is 2.76. The lowest BCUT2D eigenvalue weighted by Gasteiger charge is -2.05. The number of nitro groups is 1. The van der Waals surface area contributed by atoms with Crippen LogP contribution in [-0.4, -0.2) is 10.8 Å². The third-order valence-corrected chi connectivity index (χ3v) is 4.13. The van der Waals surface area contributed by atoms with E-state index in [1.165, 1.54) is 23.9 Å². The summed E-state index contributed by atoms with van der Waals surface area (Å²) in [6, 6.07) is 11.5. The fraction of sp³-hybridized carbons (Fsp3) is 0.0714. The van der Waals surface area contributed by atoms with Crippen LogP contribution in [0.1, 0.15) is 15.9 Å². The van der Waals surface area contributed by atoms with Gasteiger partial charge in [-0.05, 0) is 29.8 Å². The van der Waals surface area contributed by atoms with Crippen LogP contribution in [0.2, 0.25) is 5.02 Å². The lowest BCUT2D eigenvalue weighted by molar-refractivity contribution is -0.387. The summed E-state index contributed by atoms with van der Waals surface area (Å²) in [5.41, 5.74) is 6.13. The van der Waals surface area contributed by atoms with E-state index in [1.54, 1.807) is 18.2 Å². The summed E-state index contributed by atoms with van der Waals surface area (Å²) in [5.74, 6) is -0.124. The highest BCUT2D eigenvalue weighted by molar-refractivity contribution is 7.98. The van der Waals surface area contributed by atoms with E-state index in [-0.39, 0.29) is 11.3 Å². The molecule has 0 aliphatic rings. The van der Waals surface area contributed by atoms with E-state index in [4.69, 9.17) is 17.3 Å². The minimum Gasteiger partial charge on any atom is -0.366 e. The zero-order valence-electron chi connectivity index (χ0n) is 10.8. The molecular weight excluding hydrogens is 312 g/mol. The number of hydrogen-bond donors (Lipinski definition) is 1. The largest absolute Gasteiger partial charge is 0.366 e. The average Bonchev–Trinajstić information content (AvgIpc) is 2.46.